The van der Waals surface area contributed by atoms with Crippen molar-refractivity contribution in [1.29, 1.82) is 0 Å². The van der Waals surface area contributed by atoms with Gasteiger partial charge in [-0.3, -0.25) is 19.3 Å². The molecule has 148 valence electrons. The number of carbonyl (C=O) groups is 3. The fourth-order valence-electron chi connectivity index (χ4n) is 3.63. The predicted molar refractivity (Wildman–Crippen MR) is 99.3 cm³/mol. The summed E-state index contributed by atoms with van der Waals surface area (Å²) in [4.78, 5) is 42.3. The molecule has 3 amide bonds. The normalized spacial score (nSPS) is 18.0. The summed E-state index contributed by atoms with van der Waals surface area (Å²) < 4.78 is 5.44. The molecule has 2 aliphatic rings. The third kappa shape index (κ3) is 4.88. The van der Waals surface area contributed by atoms with Crippen LogP contribution >= 0.6 is 0 Å². The molecule has 3 heterocycles. The fraction of sp³-hybridized carbons (Fsp3) is 0.632. The van der Waals surface area contributed by atoms with E-state index >= 15 is 0 Å². The third-order valence-electron chi connectivity index (χ3n) is 5.19. The number of nitrogens with zero attached hydrogens (tertiary/aromatic N) is 3. The van der Waals surface area contributed by atoms with Gasteiger partial charge in [0.2, 0.25) is 11.8 Å². The predicted octanol–water partition coefficient (Wildman–Crippen LogP) is 0.393. The number of aryl methyl sites for hydroxylation is 2. The van der Waals surface area contributed by atoms with E-state index in [9.17, 15) is 14.4 Å². The number of likely N-dealkylation sites (tertiary alicyclic amines) is 1. The van der Waals surface area contributed by atoms with Crippen LogP contribution < -0.4 is 5.32 Å². The second-order valence-corrected chi connectivity index (χ2v) is 7.26. The van der Waals surface area contributed by atoms with Gasteiger partial charge < -0.3 is 19.5 Å². The summed E-state index contributed by atoms with van der Waals surface area (Å²) in [6.07, 6.45) is 2.08. The van der Waals surface area contributed by atoms with Crippen LogP contribution in [0.1, 0.15) is 34.7 Å². The Kier molecular flexibility index (Phi) is 6.15. The molecular formula is C19H28N4O4. The van der Waals surface area contributed by atoms with Gasteiger partial charge in [-0.2, -0.15) is 0 Å². The lowest BCUT2D eigenvalue weighted by Gasteiger charge is -2.34. The van der Waals surface area contributed by atoms with E-state index in [2.05, 4.69) is 5.32 Å². The first-order chi connectivity index (χ1) is 12.9. The summed E-state index contributed by atoms with van der Waals surface area (Å²) in [5.41, 5.74) is 0.610. The molecule has 0 aliphatic carbocycles. The largest absolute Gasteiger partial charge is 0.466 e. The first kappa shape index (κ1) is 19.4. The molecule has 0 saturated carbocycles. The Hall–Kier alpha value is -2.35. The van der Waals surface area contributed by atoms with Gasteiger partial charge in [0, 0.05) is 39.3 Å². The standard InChI is InChI=1S/C19H28N4O4/c1-14-11-16(15(2)27-14)19(26)23-9-7-21(8-10-23)13-17(24)20-12-18(25)22-5-3-4-6-22/h11H,3-10,12-13H2,1-2H3,(H,20,24). The van der Waals surface area contributed by atoms with Crippen molar-refractivity contribution < 1.29 is 18.8 Å². The molecule has 0 atom stereocenters. The Balaban J connectivity index is 1.40. The van der Waals surface area contributed by atoms with Crippen LogP contribution in [0.3, 0.4) is 0 Å². The van der Waals surface area contributed by atoms with E-state index in [1.54, 1.807) is 22.8 Å². The molecule has 1 aromatic heterocycles. The molecular weight excluding hydrogens is 348 g/mol. The number of rotatable bonds is 5. The second-order valence-electron chi connectivity index (χ2n) is 7.26. The first-order valence-electron chi connectivity index (χ1n) is 9.57. The maximum absolute atomic E-state index is 12.6. The van der Waals surface area contributed by atoms with Gasteiger partial charge in [-0.1, -0.05) is 0 Å². The maximum atomic E-state index is 12.6. The molecule has 2 fully saturated rings. The van der Waals surface area contributed by atoms with E-state index in [0.717, 1.165) is 31.7 Å². The lowest BCUT2D eigenvalue weighted by atomic mass is 10.2. The van der Waals surface area contributed by atoms with Crippen LogP contribution in [0.25, 0.3) is 0 Å². The summed E-state index contributed by atoms with van der Waals surface area (Å²) >= 11 is 0. The minimum Gasteiger partial charge on any atom is -0.466 e. The average molecular weight is 376 g/mol. The van der Waals surface area contributed by atoms with Crippen LogP contribution in [-0.4, -0.2) is 84.8 Å². The number of amides is 3. The summed E-state index contributed by atoms with van der Waals surface area (Å²) in [5.74, 6) is 1.19. The van der Waals surface area contributed by atoms with Gasteiger partial charge in [0.05, 0.1) is 18.7 Å². The monoisotopic (exact) mass is 376 g/mol. The highest BCUT2D eigenvalue weighted by Gasteiger charge is 2.26. The van der Waals surface area contributed by atoms with Crippen molar-refractivity contribution in [2.45, 2.75) is 26.7 Å². The van der Waals surface area contributed by atoms with Gasteiger partial charge in [0.25, 0.3) is 5.91 Å². The van der Waals surface area contributed by atoms with Crippen molar-refractivity contribution in [3.8, 4) is 0 Å². The van der Waals surface area contributed by atoms with Gasteiger partial charge in [-0.05, 0) is 32.8 Å². The Labute approximate surface area is 159 Å². The highest BCUT2D eigenvalue weighted by Crippen LogP contribution is 2.17. The molecule has 0 bridgehead atoms. The van der Waals surface area contributed by atoms with Crippen molar-refractivity contribution in [3.05, 3.63) is 23.2 Å². The van der Waals surface area contributed by atoms with E-state index in [1.165, 1.54) is 0 Å². The lowest BCUT2D eigenvalue weighted by molar-refractivity contribution is -0.132. The number of carbonyl (C=O) groups excluding carboxylic acids is 3. The first-order valence-corrected chi connectivity index (χ1v) is 9.57. The highest BCUT2D eigenvalue weighted by molar-refractivity contribution is 5.95. The third-order valence-corrected chi connectivity index (χ3v) is 5.19. The molecule has 27 heavy (non-hydrogen) atoms. The summed E-state index contributed by atoms with van der Waals surface area (Å²) in [5, 5.41) is 2.71. The average Bonchev–Trinajstić information content (AvgIpc) is 3.29. The van der Waals surface area contributed by atoms with Crippen LogP contribution in [0, 0.1) is 13.8 Å². The van der Waals surface area contributed by atoms with Crippen molar-refractivity contribution in [2.75, 3.05) is 52.4 Å². The Morgan fingerprint density at radius 3 is 2.26 bits per heavy atom. The molecule has 0 spiro atoms. The zero-order valence-electron chi connectivity index (χ0n) is 16.1. The molecule has 3 rings (SSSR count). The SMILES string of the molecule is Cc1cc(C(=O)N2CCN(CC(=O)NCC(=O)N3CCCC3)CC2)c(C)o1. The maximum Gasteiger partial charge on any atom is 0.257 e. The molecule has 1 N–H and O–H groups in total. The van der Waals surface area contributed by atoms with E-state index in [1.807, 2.05) is 11.8 Å². The zero-order valence-corrected chi connectivity index (χ0v) is 16.1. The number of hydrogen-bond donors (Lipinski definition) is 1. The topological polar surface area (TPSA) is 86.1 Å². The van der Waals surface area contributed by atoms with Crippen LogP contribution in [-0.2, 0) is 9.59 Å². The summed E-state index contributed by atoms with van der Waals surface area (Å²) in [6, 6.07) is 1.77. The molecule has 8 heteroatoms. The molecule has 2 saturated heterocycles. The molecule has 0 unspecified atom stereocenters. The summed E-state index contributed by atoms with van der Waals surface area (Å²) in [6.45, 7) is 7.94. The van der Waals surface area contributed by atoms with Crippen LogP contribution in [0.5, 0.6) is 0 Å². The lowest BCUT2D eigenvalue weighted by Crippen LogP contribution is -2.51. The summed E-state index contributed by atoms with van der Waals surface area (Å²) in [7, 11) is 0. The minimum absolute atomic E-state index is 0.0120. The zero-order chi connectivity index (χ0) is 19.4. The van der Waals surface area contributed by atoms with Gasteiger partial charge in [0.1, 0.15) is 11.5 Å². The van der Waals surface area contributed by atoms with E-state index in [4.69, 9.17) is 4.42 Å². The number of piperazine rings is 1. The second kappa shape index (κ2) is 8.56. The van der Waals surface area contributed by atoms with Crippen LogP contribution in [0.15, 0.2) is 10.5 Å². The number of furan rings is 1. The van der Waals surface area contributed by atoms with Gasteiger partial charge >= 0.3 is 0 Å². The Bertz CT molecular complexity index is 701. The smallest absolute Gasteiger partial charge is 0.257 e. The molecule has 2 aliphatic heterocycles. The van der Waals surface area contributed by atoms with E-state index in [-0.39, 0.29) is 30.8 Å². The molecule has 0 aromatic carbocycles. The van der Waals surface area contributed by atoms with Gasteiger partial charge in [-0.25, -0.2) is 0 Å². The van der Waals surface area contributed by atoms with Crippen molar-refractivity contribution in [1.82, 2.24) is 20.0 Å². The Morgan fingerprint density at radius 2 is 1.67 bits per heavy atom. The highest BCUT2D eigenvalue weighted by atomic mass is 16.3. The van der Waals surface area contributed by atoms with Crippen molar-refractivity contribution in [2.24, 2.45) is 0 Å². The van der Waals surface area contributed by atoms with Gasteiger partial charge in [-0.15, -0.1) is 0 Å². The van der Waals surface area contributed by atoms with Crippen molar-refractivity contribution in [3.63, 3.8) is 0 Å². The number of hydrogen-bond acceptors (Lipinski definition) is 5. The Morgan fingerprint density at radius 1 is 1.00 bits per heavy atom. The van der Waals surface area contributed by atoms with Crippen molar-refractivity contribution >= 4 is 17.7 Å². The molecule has 8 nitrogen and oxygen atoms in total. The molecule has 1 aromatic rings. The van der Waals surface area contributed by atoms with Crippen LogP contribution in [0.2, 0.25) is 0 Å². The molecule has 0 radical (unpaired) electrons. The number of nitrogens with one attached hydrogen (secondary N) is 1. The van der Waals surface area contributed by atoms with Crippen LogP contribution in [0.4, 0.5) is 0 Å². The fourth-order valence-corrected chi connectivity index (χ4v) is 3.63. The van der Waals surface area contributed by atoms with Gasteiger partial charge in [0.15, 0.2) is 0 Å². The minimum atomic E-state index is -0.149. The quantitative estimate of drug-likeness (QED) is 0.804. The van der Waals surface area contributed by atoms with E-state index < -0.39 is 0 Å². The van der Waals surface area contributed by atoms with E-state index in [0.29, 0.717) is 37.5 Å².